The SMILES string of the molecule is CCCC/C=C\CCCCCCCCOCC(COP(=O)(O)OCC(N)C(=O)O)OC(=O)CCCCCCCCC/C=C\CCCCCCCC. The van der Waals surface area contributed by atoms with Crippen molar-refractivity contribution in [2.75, 3.05) is 26.4 Å². The third-order valence-corrected chi connectivity index (χ3v) is 9.65. The van der Waals surface area contributed by atoms with Crippen molar-refractivity contribution >= 4 is 19.8 Å². The van der Waals surface area contributed by atoms with Gasteiger partial charge in [0.25, 0.3) is 0 Å². The molecular weight excluding hydrogens is 669 g/mol. The van der Waals surface area contributed by atoms with Crippen molar-refractivity contribution in [2.24, 2.45) is 5.73 Å². The summed E-state index contributed by atoms with van der Waals surface area (Å²) in [5.41, 5.74) is 5.34. The molecule has 0 aliphatic carbocycles. The lowest BCUT2D eigenvalue weighted by Gasteiger charge is -2.20. The van der Waals surface area contributed by atoms with Gasteiger partial charge in [0.05, 0.1) is 19.8 Å². The highest BCUT2D eigenvalue weighted by Crippen LogP contribution is 2.43. The summed E-state index contributed by atoms with van der Waals surface area (Å²) in [4.78, 5) is 33.4. The van der Waals surface area contributed by atoms with Crippen LogP contribution in [-0.2, 0) is 32.7 Å². The third-order valence-electron chi connectivity index (χ3n) is 8.70. The fourth-order valence-corrected chi connectivity index (χ4v) is 6.24. The van der Waals surface area contributed by atoms with Crippen LogP contribution in [0.1, 0.15) is 181 Å². The molecule has 0 aromatic carbocycles. The first-order valence-electron chi connectivity index (χ1n) is 20.4. The maximum Gasteiger partial charge on any atom is 0.472 e. The highest BCUT2D eigenvalue weighted by molar-refractivity contribution is 7.47. The number of unbranched alkanes of at least 4 members (excludes halogenated alkanes) is 21. The first-order chi connectivity index (χ1) is 24.7. The van der Waals surface area contributed by atoms with Gasteiger partial charge in [0, 0.05) is 13.0 Å². The van der Waals surface area contributed by atoms with E-state index in [1.807, 2.05) is 0 Å². The minimum absolute atomic E-state index is 0.0129. The standard InChI is InChI=1S/C40H76NO9P/c1-3-5-7-9-11-13-15-17-18-19-20-21-22-24-26-28-30-32-39(42)50-37(35-48-51(45,46)49-36-38(41)40(43)44)34-47-33-31-29-27-25-23-16-14-12-10-8-6-4-2/h10,12,17-18,37-38H,3-9,11,13-16,19-36,41H2,1-2H3,(H,43,44)(H,45,46)/b12-10-,18-17-. The molecule has 0 amide bonds. The Balaban J connectivity index is 4.26. The first-order valence-corrected chi connectivity index (χ1v) is 21.9. The molecule has 0 aromatic rings. The molecule has 0 bridgehead atoms. The molecule has 0 fully saturated rings. The fraction of sp³-hybridized carbons (Fsp3) is 0.850. The van der Waals surface area contributed by atoms with Crippen molar-refractivity contribution in [3.63, 3.8) is 0 Å². The van der Waals surface area contributed by atoms with Crippen molar-refractivity contribution < 1.29 is 42.7 Å². The Hall–Kier alpha value is -1.55. The Morgan fingerprint density at radius 3 is 1.55 bits per heavy atom. The number of allylic oxidation sites excluding steroid dienone is 4. The number of ether oxygens (including phenoxy) is 2. The molecule has 51 heavy (non-hydrogen) atoms. The van der Waals surface area contributed by atoms with E-state index in [0.717, 1.165) is 51.4 Å². The normalized spacial score (nSPS) is 14.3. The van der Waals surface area contributed by atoms with Crippen molar-refractivity contribution in [3.8, 4) is 0 Å². The summed E-state index contributed by atoms with van der Waals surface area (Å²) in [5.74, 6) is -1.78. The van der Waals surface area contributed by atoms with Crippen LogP contribution >= 0.6 is 7.82 Å². The molecule has 0 rings (SSSR count). The van der Waals surface area contributed by atoms with E-state index in [-0.39, 0.29) is 13.0 Å². The molecule has 11 heteroatoms. The van der Waals surface area contributed by atoms with Gasteiger partial charge < -0.3 is 25.2 Å². The van der Waals surface area contributed by atoms with E-state index in [0.29, 0.717) is 13.0 Å². The summed E-state index contributed by atoms with van der Waals surface area (Å²) < 4.78 is 33.2. The largest absolute Gasteiger partial charge is 0.480 e. The molecule has 4 N–H and O–H groups in total. The monoisotopic (exact) mass is 746 g/mol. The van der Waals surface area contributed by atoms with E-state index in [2.05, 4.69) is 38.2 Å². The number of aliphatic carboxylic acids is 1. The van der Waals surface area contributed by atoms with Gasteiger partial charge in [0.1, 0.15) is 12.1 Å². The van der Waals surface area contributed by atoms with E-state index >= 15 is 0 Å². The van der Waals surface area contributed by atoms with Gasteiger partial charge in [-0.25, -0.2) is 4.57 Å². The molecule has 300 valence electrons. The number of carbonyl (C=O) groups is 2. The predicted octanol–water partition coefficient (Wildman–Crippen LogP) is 10.8. The van der Waals surface area contributed by atoms with Crippen molar-refractivity contribution in [1.82, 2.24) is 0 Å². The Labute approximate surface area is 311 Å². The molecule has 3 atom stereocenters. The van der Waals surface area contributed by atoms with Crippen molar-refractivity contribution in [1.29, 1.82) is 0 Å². The lowest BCUT2D eigenvalue weighted by atomic mass is 10.1. The van der Waals surface area contributed by atoms with E-state index in [9.17, 15) is 19.0 Å². The summed E-state index contributed by atoms with van der Waals surface area (Å²) in [6.45, 7) is 3.82. The van der Waals surface area contributed by atoms with Crippen LogP contribution in [0.3, 0.4) is 0 Å². The highest BCUT2D eigenvalue weighted by Gasteiger charge is 2.27. The van der Waals surface area contributed by atoms with E-state index in [4.69, 9.17) is 29.4 Å². The highest BCUT2D eigenvalue weighted by atomic mass is 31.2. The number of phosphoric acid groups is 1. The van der Waals surface area contributed by atoms with Gasteiger partial charge in [-0.05, 0) is 57.8 Å². The van der Waals surface area contributed by atoms with Crippen LogP contribution in [0.15, 0.2) is 24.3 Å². The quantitative estimate of drug-likeness (QED) is 0.0240. The second-order valence-electron chi connectivity index (χ2n) is 13.8. The molecular formula is C40H76NO9P. The molecule has 3 unspecified atom stereocenters. The minimum atomic E-state index is -4.61. The van der Waals surface area contributed by atoms with Gasteiger partial charge in [-0.2, -0.15) is 0 Å². The summed E-state index contributed by atoms with van der Waals surface area (Å²) in [7, 11) is -4.61. The molecule has 0 heterocycles. The summed E-state index contributed by atoms with van der Waals surface area (Å²) in [6.07, 6.45) is 38.0. The number of hydrogen-bond donors (Lipinski definition) is 3. The molecule has 0 aromatic heterocycles. The molecule has 10 nitrogen and oxygen atoms in total. The van der Waals surface area contributed by atoms with Crippen LogP contribution in [0.2, 0.25) is 0 Å². The maximum atomic E-state index is 12.6. The number of hydrogen-bond acceptors (Lipinski definition) is 8. The lowest BCUT2D eigenvalue weighted by molar-refractivity contribution is -0.154. The zero-order valence-corrected chi connectivity index (χ0v) is 33.3. The number of nitrogens with two attached hydrogens (primary N) is 1. The smallest absolute Gasteiger partial charge is 0.472 e. The fourth-order valence-electron chi connectivity index (χ4n) is 5.46. The van der Waals surface area contributed by atoms with Crippen LogP contribution in [-0.4, -0.2) is 60.5 Å². The average molecular weight is 746 g/mol. The average Bonchev–Trinajstić information content (AvgIpc) is 3.10. The number of carboxylic acid groups (broad SMARTS) is 1. The molecule has 0 spiro atoms. The number of rotatable bonds is 39. The van der Waals surface area contributed by atoms with Crippen molar-refractivity contribution in [2.45, 2.75) is 193 Å². The van der Waals surface area contributed by atoms with Crippen molar-refractivity contribution in [3.05, 3.63) is 24.3 Å². The number of carbonyl (C=O) groups excluding carboxylic acids is 1. The lowest BCUT2D eigenvalue weighted by Crippen LogP contribution is -2.34. The summed E-state index contributed by atoms with van der Waals surface area (Å²) >= 11 is 0. The first kappa shape index (κ1) is 49.5. The topological polar surface area (TPSA) is 155 Å². The van der Waals surface area contributed by atoms with E-state index in [1.165, 1.54) is 103 Å². The van der Waals surface area contributed by atoms with Crippen LogP contribution in [0.4, 0.5) is 0 Å². The number of phosphoric ester groups is 1. The molecule has 0 saturated carbocycles. The Morgan fingerprint density at radius 2 is 1.04 bits per heavy atom. The van der Waals surface area contributed by atoms with Crippen LogP contribution in [0, 0.1) is 0 Å². The molecule has 0 aliphatic heterocycles. The zero-order chi connectivity index (χ0) is 37.7. The van der Waals surface area contributed by atoms with Crippen LogP contribution in [0.5, 0.6) is 0 Å². The Morgan fingerprint density at radius 1 is 0.608 bits per heavy atom. The maximum absolute atomic E-state index is 12.6. The Bertz CT molecular complexity index is 914. The van der Waals surface area contributed by atoms with Gasteiger partial charge in [-0.3, -0.25) is 18.6 Å². The second-order valence-corrected chi connectivity index (χ2v) is 15.2. The summed E-state index contributed by atoms with van der Waals surface area (Å²) in [6, 6.07) is -1.47. The summed E-state index contributed by atoms with van der Waals surface area (Å²) in [5, 5.41) is 8.87. The van der Waals surface area contributed by atoms with Crippen LogP contribution < -0.4 is 5.73 Å². The predicted molar refractivity (Wildman–Crippen MR) is 208 cm³/mol. The van der Waals surface area contributed by atoms with Gasteiger partial charge in [-0.1, -0.05) is 141 Å². The van der Waals surface area contributed by atoms with Crippen LogP contribution in [0.25, 0.3) is 0 Å². The van der Waals surface area contributed by atoms with Gasteiger partial charge in [0.15, 0.2) is 0 Å². The Kier molecular flexibility index (Phi) is 35.7. The molecule has 0 radical (unpaired) electrons. The van der Waals surface area contributed by atoms with E-state index in [1.54, 1.807) is 0 Å². The molecule has 0 aliphatic rings. The van der Waals surface area contributed by atoms with Gasteiger partial charge in [-0.15, -0.1) is 0 Å². The van der Waals surface area contributed by atoms with E-state index < -0.39 is 45.1 Å². The van der Waals surface area contributed by atoms with Gasteiger partial charge in [0.2, 0.25) is 0 Å². The number of esters is 1. The second kappa shape index (κ2) is 36.8. The zero-order valence-electron chi connectivity index (χ0n) is 32.5. The third kappa shape index (κ3) is 36.6. The van der Waals surface area contributed by atoms with Gasteiger partial charge >= 0.3 is 19.8 Å². The molecule has 0 saturated heterocycles. The number of carboxylic acids is 1. The minimum Gasteiger partial charge on any atom is -0.480 e.